The minimum absolute atomic E-state index is 0.0536. The summed E-state index contributed by atoms with van der Waals surface area (Å²) in [5, 5.41) is 14.6. The lowest BCUT2D eigenvalue weighted by Crippen LogP contribution is -2.54. The van der Waals surface area contributed by atoms with Crippen molar-refractivity contribution in [3.8, 4) is 0 Å². The van der Waals surface area contributed by atoms with Crippen molar-refractivity contribution in [1.82, 2.24) is 14.9 Å². The van der Waals surface area contributed by atoms with Gasteiger partial charge >= 0.3 is 0 Å². The van der Waals surface area contributed by atoms with Gasteiger partial charge in [-0.2, -0.15) is 0 Å². The molecule has 3 rings (SSSR count). The highest BCUT2D eigenvalue weighted by molar-refractivity contribution is 4.82. The summed E-state index contributed by atoms with van der Waals surface area (Å²) < 4.78 is 0. The van der Waals surface area contributed by atoms with Crippen molar-refractivity contribution in [2.75, 3.05) is 39.3 Å². The largest absolute Gasteiger partial charge is 0.393 e. The van der Waals surface area contributed by atoms with Gasteiger partial charge in [-0.25, -0.2) is 10.0 Å². The van der Waals surface area contributed by atoms with Gasteiger partial charge in [-0.3, -0.25) is 0 Å². The van der Waals surface area contributed by atoms with E-state index >= 15 is 0 Å². The van der Waals surface area contributed by atoms with E-state index < -0.39 is 0 Å². The van der Waals surface area contributed by atoms with Crippen molar-refractivity contribution >= 4 is 0 Å². The van der Waals surface area contributed by atoms with Crippen LogP contribution in [0.1, 0.15) is 44.9 Å². The molecule has 0 atom stereocenters. The molecular weight excluding hydrogens is 238 g/mol. The Labute approximate surface area is 117 Å². The Balaban J connectivity index is 1.44. The third kappa shape index (κ3) is 3.48. The van der Waals surface area contributed by atoms with Gasteiger partial charge in [-0.15, -0.1) is 0 Å². The van der Waals surface area contributed by atoms with Crippen LogP contribution in [0.15, 0.2) is 0 Å². The van der Waals surface area contributed by atoms with Crippen LogP contribution in [0.2, 0.25) is 0 Å². The number of hydrazine groups is 1. The molecule has 3 heterocycles. The molecule has 0 spiro atoms. The monoisotopic (exact) mass is 267 g/mol. The zero-order valence-corrected chi connectivity index (χ0v) is 12.1. The van der Waals surface area contributed by atoms with Crippen molar-refractivity contribution in [1.29, 1.82) is 0 Å². The second-order valence-electron chi connectivity index (χ2n) is 6.47. The normalized spacial score (nSPS) is 30.8. The maximum absolute atomic E-state index is 9.59. The maximum Gasteiger partial charge on any atom is 0.0565 e. The quantitative estimate of drug-likeness (QED) is 0.817. The molecule has 4 nitrogen and oxygen atoms in total. The van der Waals surface area contributed by atoms with E-state index in [1.807, 2.05) is 0 Å². The Hall–Kier alpha value is -0.160. The van der Waals surface area contributed by atoms with Crippen molar-refractivity contribution in [2.24, 2.45) is 0 Å². The van der Waals surface area contributed by atoms with Crippen molar-refractivity contribution in [2.45, 2.75) is 57.1 Å². The summed E-state index contributed by atoms with van der Waals surface area (Å²) in [7, 11) is 0. The smallest absolute Gasteiger partial charge is 0.0565 e. The molecular formula is C15H29N3O. The fourth-order valence-corrected chi connectivity index (χ4v) is 3.92. The minimum atomic E-state index is -0.0536. The lowest BCUT2D eigenvalue weighted by molar-refractivity contribution is -0.0857. The van der Waals surface area contributed by atoms with E-state index in [2.05, 4.69) is 14.9 Å². The maximum atomic E-state index is 9.59. The molecule has 1 N–H and O–H groups in total. The van der Waals surface area contributed by atoms with Crippen LogP contribution in [-0.2, 0) is 0 Å². The van der Waals surface area contributed by atoms with Crippen LogP contribution in [0.5, 0.6) is 0 Å². The van der Waals surface area contributed by atoms with Crippen molar-refractivity contribution in [3.63, 3.8) is 0 Å². The Morgan fingerprint density at radius 3 is 1.74 bits per heavy atom. The lowest BCUT2D eigenvalue weighted by Gasteiger charge is -2.45. The van der Waals surface area contributed by atoms with E-state index in [4.69, 9.17) is 0 Å². The minimum Gasteiger partial charge on any atom is -0.393 e. The first-order chi connectivity index (χ1) is 9.33. The van der Waals surface area contributed by atoms with Gasteiger partial charge in [0.25, 0.3) is 0 Å². The Bertz CT molecular complexity index is 265. The summed E-state index contributed by atoms with van der Waals surface area (Å²) in [6.45, 7) is 7.21. The molecule has 4 heteroatoms. The number of piperidine rings is 3. The zero-order chi connectivity index (χ0) is 13.1. The first-order valence-corrected chi connectivity index (χ1v) is 8.25. The van der Waals surface area contributed by atoms with Gasteiger partial charge in [-0.1, -0.05) is 6.42 Å². The highest BCUT2D eigenvalue weighted by atomic mass is 16.3. The average molecular weight is 267 g/mol. The SMILES string of the molecule is OC1CCN(N2CCC(N3CCCCC3)CC2)CC1. The summed E-state index contributed by atoms with van der Waals surface area (Å²) in [5.74, 6) is 0. The van der Waals surface area contributed by atoms with E-state index in [1.165, 1.54) is 58.3 Å². The van der Waals surface area contributed by atoms with Crippen LogP contribution in [-0.4, -0.2) is 71.4 Å². The summed E-state index contributed by atoms with van der Waals surface area (Å²) in [5.41, 5.74) is 0. The van der Waals surface area contributed by atoms with Crippen LogP contribution < -0.4 is 0 Å². The summed E-state index contributed by atoms with van der Waals surface area (Å²) >= 11 is 0. The molecule has 3 aliphatic heterocycles. The van der Waals surface area contributed by atoms with Crippen LogP contribution in [0.3, 0.4) is 0 Å². The first kappa shape index (κ1) is 13.8. The third-order valence-electron chi connectivity index (χ3n) is 5.19. The Kier molecular flexibility index (Phi) is 4.74. The molecule has 19 heavy (non-hydrogen) atoms. The molecule has 0 aromatic heterocycles. The van der Waals surface area contributed by atoms with Gasteiger partial charge in [0.15, 0.2) is 0 Å². The van der Waals surface area contributed by atoms with Crippen LogP contribution in [0.25, 0.3) is 0 Å². The number of hydrogen-bond acceptors (Lipinski definition) is 4. The number of aliphatic hydroxyl groups excluding tert-OH is 1. The predicted octanol–water partition coefficient (Wildman–Crippen LogP) is 1.31. The molecule has 0 aromatic rings. The van der Waals surface area contributed by atoms with Gasteiger partial charge in [0, 0.05) is 32.2 Å². The number of likely N-dealkylation sites (tertiary alicyclic amines) is 1. The second kappa shape index (κ2) is 6.53. The second-order valence-corrected chi connectivity index (χ2v) is 6.47. The van der Waals surface area contributed by atoms with E-state index in [9.17, 15) is 5.11 Å². The molecule has 3 fully saturated rings. The van der Waals surface area contributed by atoms with E-state index in [1.54, 1.807) is 0 Å². The van der Waals surface area contributed by atoms with Crippen molar-refractivity contribution < 1.29 is 5.11 Å². The van der Waals surface area contributed by atoms with E-state index in [-0.39, 0.29) is 6.10 Å². The summed E-state index contributed by atoms with van der Waals surface area (Å²) in [6, 6.07) is 0.840. The molecule has 0 aromatic carbocycles. The standard InChI is InChI=1S/C15H29N3O/c19-15-6-12-18(13-7-15)17-10-4-14(5-11-17)16-8-2-1-3-9-16/h14-15,19H,1-13H2. The van der Waals surface area contributed by atoms with Crippen molar-refractivity contribution in [3.05, 3.63) is 0 Å². The average Bonchev–Trinajstić information content (AvgIpc) is 2.49. The number of aliphatic hydroxyl groups is 1. The van der Waals surface area contributed by atoms with E-state index in [0.29, 0.717) is 0 Å². The molecule has 3 aliphatic rings. The van der Waals surface area contributed by atoms with Gasteiger partial charge in [0.1, 0.15) is 0 Å². The number of hydrogen-bond donors (Lipinski definition) is 1. The van der Waals surface area contributed by atoms with Crippen LogP contribution in [0, 0.1) is 0 Å². The highest BCUT2D eigenvalue weighted by Crippen LogP contribution is 2.23. The van der Waals surface area contributed by atoms with Crippen LogP contribution in [0.4, 0.5) is 0 Å². The molecule has 110 valence electrons. The number of nitrogens with zero attached hydrogens (tertiary/aromatic N) is 3. The van der Waals surface area contributed by atoms with Crippen LogP contribution >= 0.6 is 0 Å². The Morgan fingerprint density at radius 1 is 0.632 bits per heavy atom. The first-order valence-electron chi connectivity index (χ1n) is 8.25. The summed E-state index contributed by atoms with van der Waals surface area (Å²) in [4.78, 5) is 2.74. The van der Waals surface area contributed by atoms with E-state index in [0.717, 1.165) is 32.0 Å². The lowest BCUT2D eigenvalue weighted by atomic mass is 10.0. The molecule has 0 saturated carbocycles. The fraction of sp³-hybridized carbons (Fsp3) is 1.00. The molecule has 0 aliphatic carbocycles. The van der Waals surface area contributed by atoms with Gasteiger partial charge in [0.05, 0.1) is 6.10 Å². The fourth-order valence-electron chi connectivity index (χ4n) is 3.92. The molecule has 3 saturated heterocycles. The Morgan fingerprint density at radius 2 is 1.16 bits per heavy atom. The highest BCUT2D eigenvalue weighted by Gasteiger charge is 2.29. The molecule has 0 amide bonds. The third-order valence-corrected chi connectivity index (χ3v) is 5.19. The topological polar surface area (TPSA) is 30.0 Å². The van der Waals surface area contributed by atoms with Gasteiger partial charge in [0.2, 0.25) is 0 Å². The van der Waals surface area contributed by atoms with Gasteiger partial charge < -0.3 is 10.0 Å². The zero-order valence-electron chi connectivity index (χ0n) is 12.1. The molecule has 0 bridgehead atoms. The summed E-state index contributed by atoms with van der Waals surface area (Å²) in [6.07, 6.45) is 8.76. The molecule has 0 unspecified atom stereocenters. The number of rotatable bonds is 2. The molecule has 0 radical (unpaired) electrons. The van der Waals surface area contributed by atoms with Gasteiger partial charge in [-0.05, 0) is 51.6 Å². The predicted molar refractivity (Wildman–Crippen MR) is 76.8 cm³/mol.